The van der Waals surface area contributed by atoms with Gasteiger partial charge in [0.1, 0.15) is 11.3 Å². The Balaban J connectivity index is 1.93. The van der Waals surface area contributed by atoms with E-state index in [1.54, 1.807) is 25.1 Å². The Kier molecular flexibility index (Phi) is 4.85. The summed E-state index contributed by atoms with van der Waals surface area (Å²) in [6.45, 7) is 5.25. The molecular formula is C20H20N2O5. The Labute approximate surface area is 155 Å². The summed E-state index contributed by atoms with van der Waals surface area (Å²) in [7, 11) is 0. The normalized spacial score (nSPS) is 10.9. The van der Waals surface area contributed by atoms with Gasteiger partial charge in [0.2, 0.25) is 5.76 Å². The smallest absolute Gasteiger partial charge is 0.371 e. The van der Waals surface area contributed by atoms with Crippen molar-refractivity contribution in [1.29, 1.82) is 0 Å². The number of aromatic amines is 1. The number of H-pyrrole nitrogens is 1. The van der Waals surface area contributed by atoms with Gasteiger partial charge in [0.25, 0.3) is 5.91 Å². The lowest BCUT2D eigenvalue weighted by Gasteiger charge is -2.07. The van der Waals surface area contributed by atoms with Crippen LogP contribution in [0.2, 0.25) is 0 Å². The van der Waals surface area contributed by atoms with E-state index >= 15 is 0 Å². The van der Waals surface area contributed by atoms with Crippen molar-refractivity contribution in [2.24, 2.45) is 0 Å². The number of carbonyl (C=O) groups excluding carboxylic acids is 2. The number of aromatic carboxylic acids is 1. The quantitative estimate of drug-likeness (QED) is 0.565. The molecule has 140 valence electrons. The molecule has 3 aromatic rings. The lowest BCUT2D eigenvalue weighted by Crippen LogP contribution is -2.15. The van der Waals surface area contributed by atoms with Crippen LogP contribution in [0, 0.1) is 6.92 Å². The highest BCUT2D eigenvalue weighted by molar-refractivity contribution is 6.08. The van der Waals surface area contributed by atoms with Crippen molar-refractivity contribution in [2.45, 2.75) is 33.6 Å². The van der Waals surface area contributed by atoms with Crippen LogP contribution in [0.3, 0.4) is 0 Å². The first-order chi connectivity index (χ1) is 12.8. The molecular weight excluding hydrogens is 348 g/mol. The number of furan rings is 1. The highest BCUT2D eigenvalue weighted by Crippen LogP contribution is 2.25. The molecule has 0 aliphatic carbocycles. The number of fused-ring (bicyclic) bond motifs is 1. The molecule has 3 rings (SSSR count). The molecule has 1 aromatic carbocycles. The number of aryl methyl sites for hydroxylation is 1. The number of anilines is 1. The molecule has 0 fully saturated rings. The van der Waals surface area contributed by atoms with E-state index in [9.17, 15) is 14.4 Å². The lowest BCUT2D eigenvalue weighted by atomic mass is 10.0. The van der Waals surface area contributed by atoms with Crippen molar-refractivity contribution < 1.29 is 23.9 Å². The number of carboxylic acid groups (broad SMARTS) is 1. The third-order valence-corrected chi connectivity index (χ3v) is 4.36. The van der Waals surface area contributed by atoms with Gasteiger partial charge in [-0.25, -0.2) is 4.79 Å². The minimum atomic E-state index is -1.15. The first-order valence-corrected chi connectivity index (χ1v) is 8.62. The second-order valence-corrected chi connectivity index (χ2v) is 6.41. The van der Waals surface area contributed by atoms with Crippen LogP contribution in [0.15, 0.2) is 28.7 Å². The van der Waals surface area contributed by atoms with Crippen LogP contribution in [-0.4, -0.2) is 27.8 Å². The maximum Gasteiger partial charge on any atom is 0.371 e. The number of carboxylic acids is 1. The molecule has 0 aliphatic rings. The average Bonchev–Trinajstić information content (AvgIpc) is 3.16. The molecule has 0 radical (unpaired) electrons. The Bertz CT molecular complexity index is 1060. The van der Waals surface area contributed by atoms with Crippen LogP contribution in [0.4, 0.5) is 5.69 Å². The topological polar surface area (TPSA) is 112 Å². The summed E-state index contributed by atoms with van der Waals surface area (Å²) in [6, 6.07) is 6.29. The summed E-state index contributed by atoms with van der Waals surface area (Å²) in [5.41, 5.74) is 3.26. The van der Waals surface area contributed by atoms with Gasteiger partial charge in [-0.3, -0.25) is 9.59 Å². The van der Waals surface area contributed by atoms with Crippen LogP contribution < -0.4 is 5.32 Å². The molecule has 7 heteroatoms. The number of hydrogen-bond acceptors (Lipinski definition) is 4. The summed E-state index contributed by atoms with van der Waals surface area (Å²) in [4.78, 5) is 38.8. The standard InChI is InChI=1S/C20H20N2O5/c1-4-5-14-17(11(3)23)10(2)21-18(14)19(24)22-13-6-7-15-12(8-13)9-16(27-15)20(25)26/h6-9,21H,4-5H2,1-3H3,(H,22,24)(H,25,26). The Morgan fingerprint density at radius 1 is 1.22 bits per heavy atom. The molecule has 2 heterocycles. The number of carbonyl (C=O) groups is 3. The van der Waals surface area contributed by atoms with E-state index in [0.29, 0.717) is 40.0 Å². The van der Waals surface area contributed by atoms with Crippen LogP contribution in [0.25, 0.3) is 11.0 Å². The summed E-state index contributed by atoms with van der Waals surface area (Å²) in [5.74, 6) is -1.74. The predicted octanol–water partition coefficient (Wildman–Crippen LogP) is 4.17. The summed E-state index contributed by atoms with van der Waals surface area (Å²) in [6.07, 6.45) is 1.42. The summed E-state index contributed by atoms with van der Waals surface area (Å²) < 4.78 is 5.21. The van der Waals surface area contributed by atoms with Crippen LogP contribution in [0.1, 0.15) is 62.9 Å². The van der Waals surface area contributed by atoms with Gasteiger partial charge in [-0.1, -0.05) is 13.3 Å². The van der Waals surface area contributed by atoms with E-state index in [1.807, 2.05) is 6.92 Å². The number of aromatic nitrogens is 1. The molecule has 0 unspecified atom stereocenters. The minimum Gasteiger partial charge on any atom is -0.475 e. The van der Waals surface area contributed by atoms with Crippen molar-refractivity contribution in [2.75, 3.05) is 5.32 Å². The zero-order valence-electron chi connectivity index (χ0n) is 15.3. The largest absolute Gasteiger partial charge is 0.475 e. The van der Waals surface area contributed by atoms with Gasteiger partial charge in [-0.2, -0.15) is 0 Å². The molecule has 0 aliphatic heterocycles. The number of nitrogens with one attached hydrogen (secondary N) is 2. The third-order valence-electron chi connectivity index (χ3n) is 4.36. The van der Waals surface area contributed by atoms with Gasteiger partial charge in [0.15, 0.2) is 5.78 Å². The molecule has 0 atom stereocenters. The lowest BCUT2D eigenvalue weighted by molar-refractivity contribution is 0.0664. The summed E-state index contributed by atoms with van der Waals surface area (Å²) >= 11 is 0. The number of hydrogen-bond donors (Lipinski definition) is 3. The second-order valence-electron chi connectivity index (χ2n) is 6.41. The Morgan fingerprint density at radius 3 is 2.59 bits per heavy atom. The van der Waals surface area contributed by atoms with Crippen molar-refractivity contribution in [3.05, 3.63) is 52.5 Å². The zero-order valence-corrected chi connectivity index (χ0v) is 15.3. The molecule has 2 aromatic heterocycles. The van der Waals surface area contributed by atoms with E-state index in [2.05, 4.69) is 10.3 Å². The Morgan fingerprint density at radius 2 is 1.96 bits per heavy atom. The summed E-state index contributed by atoms with van der Waals surface area (Å²) in [5, 5.41) is 12.4. The molecule has 1 amide bonds. The number of amides is 1. The number of rotatable bonds is 6. The number of Topliss-reactive ketones (excluding diaryl/α,β-unsaturated/α-hetero) is 1. The van der Waals surface area contributed by atoms with E-state index < -0.39 is 5.97 Å². The van der Waals surface area contributed by atoms with Gasteiger partial charge in [0.05, 0.1) is 0 Å². The molecule has 0 saturated heterocycles. The van der Waals surface area contributed by atoms with Gasteiger partial charge in [-0.15, -0.1) is 0 Å². The molecule has 0 bridgehead atoms. The van der Waals surface area contributed by atoms with Crippen molar-refractivity contribution >= 4 is 34.3 Å². The highest BCUT2D eigenvalue weighted by atomic mass is 16.4. The first-order valence-electron chi connectivity index (χ1n) is 8.62. The van der Waals surface area contributed by atoms with Crippen molar-refractivity contribution in [1.82, 2.24) is 4.98 Å². The van der Waals surface area contributed by atoms with Gasteiger partial charge >= 0.3 is 5.97 Å². The zero-order chi connectivity index (χ0) is 19.7. The monoisotopic (exact) mass is 368 g/mol. The number of benzene rings is 1. The molecule has 7 nitrogen and oxygen atoms in total. The van der Waals surface area contributed by atoms with E-state index in [4.69, 9.17) is 9.52 Å². The van der Waals surface area contributed by atoms with Crippen LogP contribution in [0.5, 0.6) is 0 Å². The van der Waals surface area contributed by atoms with Gasteiger partial charge in [-0.05, 0) is 50.1 Å². The highest BCUT2D eigenvalue weighted by Gasteiger charge is 2.22. The van der Waals surface area contributed by atoms with E-state index in [-0.39, 0.29) is 17.5 Å². The molecule has 0 saturated carbocycles. The van der Waals surface area contributed by atoms with Gasteiger partial charge < -0.3 is 19.8 Å². The van der Waals surface area contributed by atoms with E-state index in [1.165, 1.54) is 13.0 Å². The number of ketones is 1. The van der Waals surface area contributed by atoms with Crippen LogP contribution >= 0.6 is 0 Å². The molecule has 3 N–H and O–H groups in total. The van der Waals surface area contributed by atoms with E-state index in [0.717, 1.165) is 12.0 Å². The van der Waals surface area contributed by atoms with Crippen molar-refractivity contribution in [3.63, 3.8) is 0 Å². The maximum atomic E-state index is 12.8. The molecule has 27 heavy (non-hydrogen) atoms. The Hall–Kier alpha value is -3.35. The second kappa shape index (κ2) is 7.11. The fourth-order valence-corrected chi connectivity index (χ4v) is 3.27. The molecule has 0 spiro atoms. The fraction of sp³-hybridized carbons (Fsp3) is 0.250. The maximum absolute atomic E-state index is 12.8. The first kappa shape index (κ1) is 18.4. The van der Waals surface area contributed by atoms with Gasteiger partial charge in [0, 0.05) is 22.3 Å². The minimum absolute atomic E-state index is 0.0766. The average molecular weight is 368 g/mol. The fourth-order valence-electron chi connectivity index (χ4n) is 3.27. The predicted molar refractivity (Wildman–Crippen MR) is 101 cm³/mol. The SMILES string of the molecule is CCCc1c(C(=O)Nc2ccc3oc(C(=O)O)cc3c2)[nH]c(C)c1C(C)=O. The van der Waals surface area contributed by atoms with Crippen molar-refractivity contribution in [3.8, 4) is 0 Å². The van der Waals surface area contributed by atoms with Crippen LogP contribution in [-0.2, 0) is 6.42 Å². The third kappa shape index (κ3) is 3.48.